The summed E-state index contributed by atoms with van der Waals surface area (Å²) in [5.74, 6) is 0.167. The van der Waals surface area contributed by atoms with Crippen LogP contribution in [0.4, 0.5) is 0 Å². The zero-order valence-electron chi connectivity index (χ0n) is 20.2. The molecule has 0 aliphatic carbocycles. The molecule has 0 bridgehead atoms. The predicted molar refractivity (Wildman–Crippen MR) is 135 cm³/mol. The fraction of sp³-hybridized carbons (Fsp3) is 0.423. The minimum Gasteiger partial charge on any atom is -0.360 e. The zero-order chi connectivity index (χ0) is 25.1. The highest BCUT2D eigenvalue weighted by Crippen LogP contribution is 2.33. The Bertz CT molecular complexity index is 1250. The van der Waals surface area contributed by atoms with E-state index in [1.54, 1.807) is 12.3 Å². The molecule has 5 rings (SSSR count). The number of hydrogen-bond donors (Lipinski definition) is 2. The molecule has 2 N–H and O–H groups in total. The van der Waals surface area contributed by atoms with Gasteiger partial charge in [0.1, 0.15) is 28.8 Å². The first-order valence-corrected chi connectivity index (χ1v) is 13.2. The molecule has 1 aromatic carbocycles. The van der Waals surface area contributed by atoms with Crippen LogP contribution in [0.2, 0.25) is 0 Å². The number of amides is 3. The Morgan fingerprint density at radius 3 is 2.69 bits per heavy atom. The number of nitrogens with zero attached hydrogens (tertiary/aromatic N) is 3. The number of nitrogens with one attached hydrogen (secondary N) is 2. The third-order valence-electron chi connectivity index (χ3n) is 6.85. The maximum absolute atomic E-state index is 13.4. The molecule has 188 valence electrons. The van der Waals surface area contributed by atoms with Gasteiger partial charge in [-0.1, -0.05) is 35.5 Å². The van der Waals surface area contributed by atoms with Crippen LogP contribution in [-0.2, 0) is 4.79 Å². The molecule has 1 unspecified atom stereocenters. The number of aromatic nitrogens is 2. The van der Waals surface area contributed by atoms with Gasteiger partial charge in [0.2, 0.25) is 5.91 Å². The van der Waals surface area contributed by atoms with Gasteiger partial charge in [-0.2, -0.15) is 0 Å². The van der Waals surface area contributed by atoms with E-state index in [9.17, 15) is 14.4 Å². The van der Waals surface area contributed by atoms with Crippen LogP contribution in [0.3, 0.4) is 0 Å². The van der Waals surface area contributed by atoms with E-state index >= 15 is 0 Å². The molecular formula is C26H29N5O4S. The number of benzene rings is 1. The van der Waals surface area contributed by atoms with Crippen LogP contribution in [-0.4, -0.2) is 58.4 Å². The third kappa shape index (κ3) is 5.04. The molecule has 0 radical (unpaired) electrons. The lowest BCUT2D eigenvalue weighted by molar-refractivity contribution is -0.122. The van der Waals surface area contributed by atoms with Gasteiger partial charge in [-0.15, -0.1) is 11.3 Å². The van der Waals surface area contributed by atoms with Crippen LogP contribution in [0.15, 0.2) is 40.2 Å². The first-order valence-electron chi connectivity index (χ1n) is 12.4. The van der Waals surface area contributed by atoms with Crippen molar-refractivity contribution in [1.29, 1.82) is 0 Å². The highest BCUT2D eigenvalue weighted by molar-refractivity contribution is 7.09. The Morgan fingerprint density at radius 2 is 1.92 bits per heavy atom. The van der Waals surface area contributed by atoms with Crippen molar-refractivity contribution in [2.75, 3.05) is 19.6 Å². The normalized spacial score (nSPS) is 19.0. The molecule has 2 aliphatic heterocycles. The van der Waals surface area contributed by atoms with Crippen molar-refractivity contribution in [2.45, 2.75) is 51.0 Å². The molecule has 2 saturated heterocycles. The minimum atomic E-state index is -0.513. The number of hydrogen-bond acceptors (Lipinski definition) is 7. The standard InChI is InChI=1S/C26H29N5O4S/c1-16-21(22(30-35-16)17-7-3-2-4-8-17)26(34)31-13-10-18(11-14-31)25-29-20(15-36-25)24(33)28-19-9-5-6-12-27-23(19)32/h2-4,7-8,15,18-19H,5-6,9-14H2,1H3,(H,27,32)(H,28,33). The summed E-state index contributed by atoms with van der Waals surface area (Å²) in [4.78, 5) is 44.7. The van der Waals surface area contributed by atoms with Gasteiger partial charge in [-0.3, -0.25) is 14.4 Å². The van der Waals surface area contributed by atoms with Crippen LogP contribution in [0.5, 0.6) is 0 Å². The zero-order valence-corrected chi connectivity index (χ0v) is 21.0. The Balaban J connectivity index is 1.21. The lowest BCUT2D eigenvalue weighted by Gasteiger charge is -2.31. The lowest BCUT2D eigenvalue weighted by atomic mass is 9.96. The molecular weight excluding hydrogens is 478 g/mol. The fourth-order valence-corrected chi connectivity index (χ4v) is 5.76. The average Bonchev–Trinajstić information content (AvgIpc) is 3.50. The minimum absolute atomic E-state index is 0.0769. The summed E-state index contributed by atoms with van der Waals surface area (Å²) in [7, 11) is 0. The first-order chi connectivity index (χ1) is 17.5. The van der Waals surface area contributed by atoms with Crippen LogP contribution in [0.25, 0.3) is 11.3 Å². The van der Waals surface area contributed by atoms with Gasteiger partial charge in [0.15, 0.2) is 0 Å². The van der Waals surface area contributed by atoms with Crippen LogP contribution >= 0.6 is 11.3 Å². The van der Waals surface area contributed by atoms with Gasteiger partial charge in [0, 0.05) is 36.5 Å². The predicted octanol–water partition coefficient (Wildman–Crippen LogP) is 3.52. The number of carbonyl (C=O) groups is 3. The van der Waals surface area contributed by atoms with E-state index in [1.807, 2.05) is 35.2 Å². The molecule has 3 aromatic rings. The molecule has 1 atom stereocenters. The van der Waals surface area contributed by atoms with Crippen LogP contribution in [0, 0.1) is 6.92 Å². The molecule has 10 heteroatoms. The Labute approximate surface area is 213 Å². The van der Waals surface area contributed by atoms with Crippen LogP contribution < -0.4 is 10.6 Å². The van der Waals surface area contributed by atoms with E-state index in [0.29, 0.717) is 48.8 Å². The number of piperidine rings is 1. The van der Waals surface area contributed by atoms with E-state index in [4.69, 9.17) is 4.52 Å². The van der Waals surface area contributed by atoms with Gasteiger partial charge in [0.25, 0.3) is 11.8 Å². The summed E-state index contributed by atoms with van der Waals surface area (Å²) in [6.45, 7) is 3.59. The molecule has 2 aromatic heterocycles. The molecule has 2 fully saturated rings. The second-order valence-corrected chi connectivity index (χ2v) is 10.2. The molecule has 9 nitrogen and oxygen atoms in total. The van der Waals surface area contributed by atoms with E-state index in [2.05, 4.69) is 20.8 Å². The van der Waals surface area contributed by atoms with E-state index in [0.717, 1.165) is 36.3 Å². The molecule has 36 heavy (non-hydrogen) atoms. The van der Waals surface area contributed by atoms with Gasteiger partial charge >= 0.3 is 0 Å². The van der Waals surface area contributed by atoms with E-state index in [1.165, 1.54) is 11.3 Å². The number of aryl methyl sites for hydroxylation is 1. The molecule has 4 heterocycles. The summed E-state index contributed by atoms with van der Waals surface area (Å²) >= 11 is 1.46. The number of thiazole rings is 1. The monoisotopic (exact) mass is 507 g/mol. The highest BCUT2D eigenvalue weighted by atomic mass is 32.1. The van der Waals surface area contributed by atoms with Crippen LogP contribution in [0.1, 0.15) is 69.6 Å². The van der Waals surface area contributed by atoms with Gasteiger partial charge < -0.3 is 20.1 Å². The number of carbonyl (C=O) groups excluding carboxylic acids is 3. The summed E-state index contributed by atoms with van der Waals surface area (Å²) in [6.07, 6.45) is 3.97. The maximum atomic E-state index is 13.4. The van der Waals surface area contributed by atoms with Crippen molar-refractivity contribution in [3.63, 3.8) is 0 Å². The largest absolute Gasteiger partial charge is 0.360 e. The summed E-state index contributed by atoms with van der Waals surface area (Å²) < 4.78 is 5.38. The lowest BCUT2D eigenvalue weighted by Crippen LogP contribution is -2.45. The number of likely N-dealkylation sites (tertiary alicyclic amines) is 1. The molecule has 0 saturated carbocycles. The summed E-state index contributed by atoms with van der Waals surface area (Å²) in [5.41, 5.74) is 2.27. The van der Waals surface area contributed by atoms with Gasteiger partial charge in [-0.05, 0) is 39.0 Å². The SMILES string of the molecule is Cc1onc(-c2ccccc2)c1C(=O)N1CCC(c2nc(C(=O)NC3CCCCNC3=O)cs2)CC1. The van der Waals surface area contributed by atoms with Gasteiger partial charge in [-0.25, -0.2) is 4.98 Å². The molecule has 2 aliphatic rings. The van der Waals surface area contributed by atoms with Crippen molar-refractivity contribution < 1.29 is 18.9 Å². The smallest absolute Gasteiger partial charge is 0.271 e. The highest BCUT2D eigenvalue weighted by Gasteiger charge is 2.31. The first kappa shape index (κ1) is 24.2. The third-order valence-corrected chi connectivity index (χ3v) is 7.86. The van der Waals surface area contributed by atoms with Crippen molar-refractivity contribution in [3.8, 4) is 11.3 Å². The Morgan fingerprint density at radius 1 is 1.14 bits per heavy atom. The van der Waals surface area contributed by atoms with E-state index in [-0.39, 0.29) is 23.6 Å². The number of rotatable bonds is 5. The fourth-order valence-electron chi connectivity index (χ4n) is 4.79. The Kier molecular flexibility index (Phi) is 7.13. The molecule has 3 amide bonds. The second kappa shape index (κ2) is 10.6. The topological polar surface area (TPSA) is 117 Å². The second-order valence-electron chi connectivity index (χ2n) is 9.28. The quantitative estimate of drug-likeness (QED) is 0.546. The van der Waals surface area contributed by atoms with Gasteiger partial charge in [0.05, 0.1) is 5.01 Å². The van der Waals surface area contributed by atoms with Crippen molar-refractivity contribution in [3.05, 3.63) is 57.7 Å². The molecule has 0 spiro atoms. The van der Waals surface area contributed by atoms with Crippen molar-refractivity contribution >= 4 is 29.1 Å². The maximum Gasteiger partial charge on any atom is 0.271 e. The Hall–Kier alpha value is -3.53. The summed E-state index contributed by atoms with van der Waals surface area (Å²) in [6, 6.07) is 9.06. The summed E-state index contributed by atoms with van der Waals surface area (Å²) in [5, 5.41) is 12.4. The van der Waals surface area contributed by atoms with Crippen molar-refractivity contribution in [1.82, 2.24) is 25.7 Å². The average molecular weight is 508 g/mol. The van der Waals surface area contributed by atoms with Crippen molar-refractivity contribution in [2.24, 2.45) is 0 Å². The van der Waals surface area contributed by atoms with E-state index < -0.39 is 6.04 Å².